The van der Waals surface area contributed by atoms with Gasteiger partial charge in [0.05, 0.1) is 11.4 Å². The third-order valence-corrected chi connectivity index (χ3v) is 4.80. The molecule has 0 radical (unpaired) electrons. The Labute approximate surface area is 194 Å². The average Bonchev–Trinajstić information content (AvgIpc) is 3.12. The highest BCUT2D eigenvalue weighted by molar-refractivity contribution is 14.0. The van der Waals surface area contributed by atoms with E-state index in [1.807, 2.05) is 41.9 Å². The second-order valence-electron chi connectivity index (χ2n) is 6.89. The van der Waals surface area contributed by atoms with E-state index in [4.69, 9.17) is 0 Å². The molecule has 0 saturated heterocycles. The van der Waals surface area contributed by atoms with Crippen molar-refractivity contribution in [3.63, 3.8) is 0 Å². The van der Waals surface area contributed by atoms with Gasteiger partial charge in [-0.25, -0.2) is 9.07 Å². The number of aliphatic imine (C=N–C) groups is 1. The van der Waals surface area contributed by atoms with E-state index in [0.717, 1.165) is 36.7 Å². The van der Waals surface area contributed by atoms with Crippen molar-refractivity contribution in [1.29, 1.82) is 0 Å². The van der Waals surface area contributed by atoms with E-state index in [0.29, 0.717) is 18.5 Å². The molecule has 0 aliphatic carbocycles. The molecule has 2 N–H and O–H groups in total. The number of halogens is 2. The van der Waals surface area contributed by atoms with Crippen molar-refractivity contribution in [3.05, 3.63) is 83.4 Å². The average molecular weight is 521 g/mol. The van der Waals surface area contributed by atoms with Gasteiger partial charge in [-0.15, -0.1) is 24.0 Å². The molecule has 1 heterocycles. The molecule has 0 atom stereocenters. The lowest BCUT2D eigenvalue weighted by atomic mass is 10.1. The van der Waals surface area contributed by atoms with Crippen LogP contribution >= 0.6 is 24.0 Å². The minimum Gasteiger partial charge on any atom is -0.356 e. The highest BCUT2D eigenvalue weighted by Gasteiger charge is 2.07. The molecule has 0 spiro atoms. The number of nitrogens with one attached hydrogen (secondary N) is 2. The maximum atomic E-state index is 13.7. The zero-order chi connectivity index (χ0) is 20.5. The Morgan fingerprint density at radius 1 is 0.967 bits per heavy atom. The van der Waals surface area contributed by atoms with E-state index in [2.05, 4.69) is 39.1 Å². The molecule has 0 unspecified atom stereocenters. The largest absolute Gasteiger partial charge is 0.356 e. The van der Waals surface area contributed by atoms with E-state index in [9.17, 15) is 4.39 Å². The molecular weight excluding hydrogens is 492 g/mol. The summed E-state index contributed by atoms with van der Waals surface area (Å²) >= 11 is 0. The van der Waals surface area contributed by atoms with Crippen LogP contribution in [0.5, 0.6) is 0 Å². The fourth-order valence-corrected chi connectivity index (χ4v) is 3.18. The second kappa shape index (κ2) is 12.3. The fourth-order valence-electron chi connectivity index (χ4n) is 3.18. The van der Waals surface area contributed by atoms with Crippen molar-refractivity contribution in [3.8, 4) is 5.69 Å². The van der Waals surface area contributed by atoms with Crippen molar-refractivity contribution >= 4 is 29.9 Å². The molecule has 0 aliphatic rings. The van der Waals surface area contributed by atoms with Crippen molar-refractivity contribution in [2.75, 3.05) is 20.1 Å². The first-order chi connectivity index (χ1) is 14.2. The molecular formula is C23H29FIN5. The van der Waals surface area contributed by atoms with Gasteiger partial charge in [0.2, 0.25) is 0 Å². The topological polar surface area (TPSA) is 54.2 Å². The summed E-state index contributed by atoms with van der Waals surface area (Å²) in [7, 11) is 1.74. The maximum Gasteiger partial charge on any atom is 0.190 e. The molecule has 0 aliphatic heterocycles. The molecule has 0 fully saturated rings. The molecule has 30 heavy (non-hydrogen) atoms. The van der Waals surface area contributed by atoms with Crippen LogP contribution in [-0.4, -0.2) is 35.9 Å². The standard InChI is InChI=1S/C23H28FN5.HI/c1-18-20(17-29(28-18)21-11-4-3-5-12-21)10-8-15-26-23(25-2)27-16-14-19-9-6-7-13-22(19)24;/h3-7,9,11-13,17H,8,10,14-16H2,1-2H3,(H2,25,26,27);1H. The summed E-state index contributed by atoms with van der Waals surface area (Å²) in [5, 5.41) is 11.2. The van der Waals surface area contributed by atoms with Crippen molar-refractivity contribution in [2.24, 2.45) is 4.99 Å². The van der Waals surface area contributed by atoms with Crippen LogP contribution in [0.15, 0.2) is 65.8 Å². The lowest BCUT2D eigenvalue weighted by molar-refractivity contribution is 0.606. The predicted molar refractivity (Wildman–Crippen MR) is 132 cm³/mol. The SMILES string of the molecule is CN=C(NCCCc1cn(-c2ccccc2)nc1C)NCCc1ccccc1F.I. The van der Waals surface area contributed by atoms with Gasteiger partial charge in [-0.1, -0.05) is 36.4 Å². The van der Waals surface area contributed by atoms with Gasteiger partial charge < -0.3 is 10.6 Å². The summed E-state index contributed by atoms with van der Waals surface area (Å²) in [5.74, 6) is 0.571. The molecule has 3 rings (SSSR count). The third kappa shape index (κ3) is 6.83. The summed E-state index contributed by atoms with van der Waals surface area (Å²) in [4.78, 5) is 4.23. The van der Waals surface area contributed by atoms with Gasteiger partial charge in [0, 0.05) is 26.3 Å². The number of para-hydroxylation sites is 1. The van der Waals surface area contributed by atoms with Crippen LogP contribution in [0.3, 0.4) is 0 Å². The number of guanidine groups is 1. The van der Waals surface area contributed by atoms with Crippen molar-refractivity contribution < 1.29 is 4.39 Å². The van der Waals surface area contributed by atoms with E-state index >= 15 is 0 Å². The zero-order valence-corrected chi connectivity index (χ0v) is 19.8. The van der Waals surface area contributed by atoms with Gasteiger partial charge in [0.1, 0.15) is 5.82 Å². The smallest absolute Gasteiger partial charge is 0.190 e. The van der Waals surface area contributed by atoms with Crippen molar-refractivity contribution in [2.45, 2.75) is 26.2 Å². The van der Waals surface area contributed by atoms with Crippen LogP contribution in [0.1, 0.15) is 23.2 Å². The Morgan fingerprint density at radius 3 is 2.40 bits per heavy atom. The molecule has 1 aromatic heterocycles. The van der Waals surface area contributed by atoms with Gasteiger partial charge >= 0.3 is 0 Å². The molecule has 0 saturated carbocycles. The molecule has 0 bridgehead atoms. The van der Waals surface area contributed by atoms with Crippen LogP contribution in [0.25, 0.3) is 5.69 Å². The number of rotatable bonds is 8. The highest BCUT2D eigenvalue weighted by atomic mass is 127. The summed E-state index contributed by atoms with van der Waals surface area (Å²) in [6.07, 6.45) is 4.63. The molecule has 0 amide bonds. The first-order valence-corrected chi connectivity index (χ1v) is 9.96. The van der Waals surface area contributed by atoms with Crippen LogP contribution in [0.2, 0.25) is 0 Å². The normalized spacial score (nSPS) is 11.1. The minimum absolute atomic E-state index is 0. The Balaban J connectivity index is 0.00000320. The van der Waals surface area contributed by atoms with Crippen LogP contribution in [0.4, 0.5) is 4.39 Å². The van der Waals surface area contributed by atoms with E-state index in [1.165, 1.54) is 11.6 Å². The van der Waals surface area contributed by atoms with Gasteiger partial charge in [-0.2, -0.15) is 5.10 Å². The Morgan fingerprint density at radius 2 is 1.67 bits per heavy atom. The van der Waals surface area contributed by atoms with Crippen LogP contribution < -0.4 is 10.6 Å². The molecule has 2 aromatic carbocycles. The first kappa shape index (κ1) is 23.9. The van der Waals surface area contributed by atoms with Gasteiger partial charge in [-0.3, -0.25) is 4.99 Å². The monoisotopic (exact) mass is 521 g/mol. The zero-order valence-electron chi connectivity index (χ0n) is 17.4. The van der Waals surface area contributed by atoms with Gasteiger partial charge in [0.25, 0.3) is 0 Å². The van der Waals surface area contributed by atoms with E-state index in [-0.39, 0.29) is 29.8 Å². The Bertz CT molecular complexity index is 940. The summed E-state index contributed by atoms with van der Waals surface area (Å²) < 4.78 is 15.6. The minimum atomic E-state index is -0.163. The highest BCUT2D eigenvalue weighted by Crippen LogP contribution is 2.13. The van der Waals surface area contributed by atoms with E-state index < -0.39 is 0 Å². The molecule has 5 nitrogen and oxygen atoms in total. The summed E-state index contributed by atoms with van der Waals surface area (Å²) in [5.41, 5.74) is 4.08. The first-order valence-electron chi connectivity index (χ1n) is 9.96. The quantitative estimate of drug-likeness (QED) is 0.202. The lowest BCUT2D eigenvalue weighted by Crippen LogP contribution is -2.38. The third-order valence-electron chi connectivity index (χ3n) is 4.80. The molecule has 160 valence electrons. The summed E-state index contributed by atoms with van der Waals surface area (Å²) in [6, 6.07) is 17.0. The molecule has 7 heteroatoms. The van der Waals surface area contributed by atoms with Crippen molar-refractivity contribution in [1.82, 2.24) is 20.4 Å². The molecule has 3 aromatic rings. The van der Waals surface area contributed by atoms with Crippen LogP contribution in [-0.2, 0) is 12.8 Å². The van der Waals surface area contributed by atoms with E-state index in [1.54, 1.807) is 13.1 Å². The predicted octanol–water partition coefficient (Wildman–Crippen LogP) is 4.28. The lowest BCUT2D eigenvalue weighted by Gasteiger charge is -2.12. The van der Waals surface area contributed by atoms with Gasteiger partial charge in [0.15, 0.2) is 5.96 Å². The fraction of sp³-hybridized carbons (Fsp3) is 0.304. The van der Waals surface area contributed by atoms with Crippen LogP contribution in [0, 0.1) is 12.7 Å². The number of hydrogen-bond acceptors (Lipinski definition) is 2. The number of aromatic nitrogens is 2. The Kier molecular flexibility index (Phi) is 9.79. The van der Waals surface area contributed by atoms with Gasteiger partial charge in [-0.05, 0) is 55.5 Å². The number of nitrogens with zero attached hydrogens (tertiary/aromatic N) is 3. The summed E-state index contributed by atoms with van der Waals surface area (Å²) in [6.45, 7) is 3.48. The second-order valence-corrected chi connectivity index (χ2v) is 6.89. The Hall–Kier alpha value is -2.42. The number of aryl methyl sites for hydroxylation is 2. The number of hydrogen-bond donors (Lipinski definition) is 2. The number of benzene rings is 2. The maximum absolute atomic E-state index is 13.7.